The van der Waals surface area contributed by atoms with Gasteiger partial charge in [0.2, 0.25) is 0 Å². The lowest BCUT2D eigenvalue weighted by Gasteiger charge is -2.09. The Hall–Kier alpha value is -2.61. The number of fused-ring (bicyclic) bond motifs is 1. The molecule has 3 aromatic rings. The third kappa shape index (κ3) is 3.75. The van der Waals surface area contributed by atoms with Crippen LogP contribution in [0.4, 0.5) is 10.1 Å². The number of imidazole rings is 1. The van der Waals surface area contributed by atoms with Crippen LogP contribution >= 0.6 is 11.6 Å². The van der Waals surface area contributed by atoms with E-state index in [1.54, 1.807) is 10.6 Å². The van der Waals surface area contributed by atoms with Crippen LogP contribution in [0.2, 0.25) is 5.02 Å². The van der Waals surface area contributed by atoms with Crippen LogP contribution in [0.15, 0.2) is 27.8 Å². The highest BCUT2D eigenvalue weighted by molar-refractivity contribution is 6.31. The molecule has 7 nitrogen and oxygen atoms in total. The zero-order valence-corrected chi connectivity index (χ0v) is 15.9. The number of benzene rings is 1. The van der Waals surface area contributed by atoms with Gasteiger partial charge in [0.15, 0.2) is 11.2 Å². The Morgan fingerprint density at radius 2 is 2.04 bits per heavy atom. The molecule has 0 amide bonds. The van der Waals surface area contributed by atoms with Crippen molar-refractivity contribution in [2.75, 3.05) is 5.32 Å². The third-order valence-corrected chi connectivity index (χ3v) is 4.68. The molecule has 1 aromatic carbocycles. The number of rotatable bonds is 7. The molecule has 0 saturated heterocycles. The molecule has 0 aliphatic carbocycles. The standard InChI is InChI=1S/C18H21ClFN5O2/c1-3-5-8-25-16-15(17(26)23-18(25)27)24(4-2)14(22-16)10-21-11-6-7-13(20)12(19)9-11/h6-7,9,21H,3-5,8,10H2,1-2H3,(H,23,26,27). The first-order valence-corrected chi connectivity index (χ1v) is 9.25. The van der Waals surface area contributed by atoms with Crippen molar-refractivity contribution >= 4 is 28.5 Å². The van der Waals surface area contributed by atoms with Crippen LogP contribution in [0, 0.1) is 5.82 Å². The molecule has 0 radical (unpaired) electrons. The topological polar surface area (TPSA) is 84.7 Å². The van der Waals surface area contributed by atoms with E-state index in [1.165, 1.54) is 16.7 Å². The van der Waals surface area contributed by atoms with E-state index in [1.807, 2.05) is 13.8 Å². The molecular weight excluding hydrogens is 373 g/mol. The number of nitrogens with one attached hydrogen (secondary N) is 2. The number of anilines is 1. The number of unbranched alkanes of at least 4 members (excludes halogenated alkanes) is 1. The summed E-state index contributed by atoms with van der Waals surface area (Å²) in [6.45, 7) is 5.24. The minimum absolute atomic E-state index is 0.0221. The Labute approximate surface area is 159 Å². The second kappa shape index (κ2) is 7.96. The van der Waals surface area contributed by atoms with Gasteiger partial charge in [0.05, 0.1) is 11.6 Å². The number of aromatic amines is 1. The predicted molar refractivity (Wildman–Crippen MR) is 104 cm³/mol. The molecule has 9 heteroatoms. The van der Waals surface area contributed by atoms with Crippen molar-refractivity contribution in [2.24, 2.45) is 0 Å². The lowest BCUT2D eigenvalue weighted by Crippen LogP contribution is -2.31. The van der Waals surface area contributed by atoms with Crippen molar-refractivity contribution < 1.29 is 4.39 Å². The van der Waals surface area contributed by atoms with Crippen LogP contribution in [0.25, 0.3) is 11.2 Å². The van der Waals surface area contributed by atoms with Crippen molar-refractivity contribution in [3.8, 4) is 0 Å². The number of aryl methyl sites for hydroxylation is 2. The number of hydrogen-bond acceptors (Lipinski definition) is 4. The average Bonchev–Trinajstić information content (AvgIpc) is 3.01. The molecule has 0 atom stereocenters. The van der Waals surface area contributed by atoms with Gasteiger partial charge >= 0.3 is 5.69 Å². The first-order valence-electron chi connectivity index (χ1n) is 8.87. The Morgan fingerprint density at radius 1 is 1.26 bits per heavy atom. The number of hydrogen-bond donors (Lipinski definition) is 2. The molecule has 3 rings (SSSR count). The van der Waals surface area contributed by atoms with E-state index in [-0.39, 0.29) is 5.02 Å². The first kappa shape index (κ1) is 19.2. The molecule has 27 heavy (non-hydrogen) atoms. The highest BCUT2D eigenvalue weighted by Gasteiger charge is 2.17. The summed E-state index contributed by atoms with van der Waals surface area (Å²) in [5.74, 6) is 0.115. The minimum Gasteiger partial charge on any atom is -0.378 e. The van der Waals surface area contributed by atoms with Gasteiger partial charge in [-0.1, -0.05) is 24.9 Å². The maximum Gasteiger partial charge on any atom is 0.330 e. The van der Waals surface area contributed by atoms with E-state index < -0.39 is 17.1 Å². The van der Waals surface area contributed by atoms with Gasteiger partial charge < -0.3 is 9.88 Å². The summed E-state index contributed by atoms with van der Waals surface area (Å²) in [5, 5.41) is 3.15. The van der Waals surface area contributed by atoms with E-state index in [4.69, 9.17) is 11.6 Å². The first-order chi connectivity index (χ1) is 13.0. The van der Waals surface area contributed by atoms with E-state index >= 15 is 0 Å². The summed E-state index contributed by atoms with van der Waals surface area (Å²) in [6, 6.07) is 4.34. The van der Waals surface area contributed by atoms with Crippen LogP contribution in [0.1, 0.15) is 32.5 Å². The molecule has 144 valence electrons. The van der Waals surface area contributed by atoms with Gasteiger partial charge in [-0.25, -0.2) is 14.2 Å². The third-order valence-electron chi connectivity index (χ3n) is 4.39. The molecule has 0 aliphatic rings. The second-order valence-corrected chi connectivity index (χ2v) is 6.60. The van der Waals surface area contributed by atoms with Crippen LogP contribution in [0.5, 0.6) is 0 Å². The highest BCUT2D eigenvalue weighted by Crippen LogP contribution is 2.20. The lowest BCUT2D eigenvalue weighted by atomic mass is 10.3. The monoisotopic (exact) mass is 393 g/mol. The number of aromatic nitrogens is 4. The van der Waals surface area contributed by atoms with Crippen molar-refractivity contribution in [1.29, 1.82) is 0 Å². The molecule has 0 bridgehead atoms. The second-order valence-electron chi connectivity index (χ2n) is 6.19. The van der Waals surface area contributed by atoms with Gasteiger partial charge in [-0.3, -0.25) is 14.3 Å². The highest BCUT2D eigenvalue weighted by atomic mass is 35.5. The van der Waals surface area contributed by atoms with E-state index in [2.05, 4.69) is 15.3 Å². The summed E-state index contributed by atoms with van der Waals surface area (Å²) in [6.07, 6.45) is 1.73. The number of nitrogens with zero attached hydrogens (tertiary/aromatic N) is 3. The van der Waals surface area contributed by atoms with Crippen LogP contribution in [-0.4, -0.2) is 19.1 Å². The van der Waals surface area contributed by atoms with Crippen molar-refractivity contribution in [3.05, 3.63) is 55.7 Å². The zero-order chi connectivity index (χ0) is 19.6. The van der Waals surface area contributed by atoms with Crippen LogP contribution in [0.3, 0.4) is 0 Å². The zero-order valence-electron chi connectivity index (χ0n) is 15.2. The molecule has 2 heterocycles. The summed E-state index contributed by atoms with van der Waals surface area (Å²) in [5.41, 5.74) is 0.489. The molecule has 0 unspecified atom stereocenters. The Bertz CT molecular complexity index is 1090. The van der Waals surface area contributed by atoms with Crippen LogP contribution < -0.4 is 16.6 Å². The normalized spacial score (nSPS) is 11.3. The quantitative estimate of drug-likeness (QED) is 0.646. The molecule has 0 spiro atoms. The predicted octanol–water partition coefficient (Wildman–Crippen LogP) is 3.11. The van der Waals surface area contributed by atoms with Crippen molar-refractivity contribution in [1.82, 2.24) is 19.1 Å². The Balaban J connectivity index is 2.02. The van der Waals surface area contributed by atoms with Gasteiger partial charge in [0, 0.05) is 18.8 Å². The maximum atomic E-state index is 13.3. The summed E-state index contributed by atoms with van der Waals surface area (Å²) >= 11 is 5.81. The Morgan fingerprint density at radius 3 is 2.70 bits per heavy atom. The van der Waals surface area contributed by atoms with Gasteiger partial charge in [0.1, 0.15) is 11.6 Å². The molecular formula is C18H21ClFN5O2. The van der Waals surface area contributed by atoms with E-state index in [0.717, 1.165) is 12.8 Å². The molecule has 0 saturated carbocycles. The fourth-order valence-corrected chi connectivity index (χ4v) is 3.18. The lowest BCUT2D eigenvalue weighted by molar-refractivity contribution is 0.613. The van der Waals surface area contributed by atoms with E-state index in [0.29, 0.717) is 42.3 Å². The molecule has 0 fully saturated rings. The maximum absolute atomic E-state index is 13.3. The summed E-state index contributed by atoms with van der Waals surface area (Å²) in [4.78, 5) is 31.5. The minimum atomic E-state index is -0.491. The van der Waals surface area contributed by atoms with Gasteiger partial charge in [-0.05, 0) is 31.5 Å². The smallest absolute Gasteiger partial charge is 0.330 e. The number of halogens is 2. The SMILES string of the molecule is CCCCn1c(=O)[nH]c(=O)c2c1nc(CNc1ccc(F)c(Cl)c1)n2CC. The van der Waals surface area contributed by atoms with Crippen molar-refractivity contribution in [2.45, 2.75) is 46.3 Å². The van der Waals surface area contributed by atoms with Gasteiger partial charge in [0.25, 0.3) is 5.56 Å². The molecule has 2 N–H and O–H groups in total. The molecule has 2 aromatic heterocycles. The summed E-state index contributed by atoms with van der Waals surface area (Å²) in [7, 11) is 0. The summed E-state index contributed by atoms with van der Waals surface area (Å²) < 4.78 is 16.6. The average molecular weight is 394 g/mol. The number of H-pyrrole nitrogens is 1. The van der Waals surface area contributed by atoms with Crippen LogP contribution in [-0.2, 0) is 19.6 Å². The fourth-order valence-electron chi connectivity index (χ4n) is 3.00. The van der Waals surface area contributed by atoms with Gasteiger partial charge in [-0.2, -0.15) is 0 Å². The van der Waals surface area contributed by atoms with Gasteiger partial charge in [-0.15, -0.1) is 0 Å². The fraction of sp³-hybridized carbons (Fsp3) is 0.389. The van der Waals surface area contributed by atoms with Crippen molar-refractivity contribution in [3.63, 3.8) is 0 Å². The van der Waals surface area contributed by atoms with E-state index in [9.17, 15) is 14.0 Å². The Kier molecular flexibility index (Phi) is 5.65. The molecule has 0 aliphatic heterocycles. The largest absolute Gasteiger partial charge is 0.378 e.